The minimum atomic E-state index is -1.24. The summed E-state index contributed by atoms with van der Waals surface area (Å²) in [6, 6.07) is 27.6. The summed E-state index contributed by atoms with van der Waals surface area (Å²) in [5, 5.41) is 17.5. The number of nitrogens with one attached hydrogen (secondary N) is 1. The Morgan fingerprint density at radius 2 is 1.72 bits per heavy atom. The van der Waals surface area contributed by atoms with Gasteiger partial charge in [-0.15, -0.1) is 12.4 Å². The highest BCUT2D eigenvalue weighted by Crippen LogP contribution is 2.32. The first-order chi connectivity index (χ1) is 18.5. The Hall–Kier alpha value is -3.58. The summed E-state index contributed by atoms with van der Waals surface area (Å²) in [6.07, 6.45) is 0.543. The van der Waals surface area contributed by atoms with Gasteiger partial charge in [0.1, 0.15) is 17.6 Å². The molecule has 0 amide bonds. The zero-order valence-electron chi connectivity index (χ0n) is 22.1. The Morgan fingerprint density at radius 1 is 0.974 bits per heavy atom. The lowest BCUT2D eigenvalue weighted by Gasteiger charge is -2.32. The Kier molecular flexibility index (Phi) is 9.46. The van der Waals surface area contributed by atoms with Crippen LogP contribution in [-0.2, 0) is 11.3 Å². The fraction of sp³-hybridized carbons (Fsp3) is 0.281. The van der Waals surface area contributed by atoms with Crippen LogP contribution in [0, 0.1) is 0 Å². The van der Waals surface area contributed by atoms with Crippen LogP contribution in [0.25, 0.3) is 10.8 Å². The van der Waals surface area contributed by atoms with E-state index in [4.69, 9.17) is 14.2 Å². The van der Waals surface area contributed by atoms with Crippen molar-refractivity contribution in [1.82, 2.24) is 5.32 Å². The van der Waals surface area contributed by atoms with Crippen molar-refractivity contribution in [1.29, 1.82) is 0 Å². The van der Waals surface area contributed by atoms with Gasteiger partial charge in [-0.1, -0.05) is 48.5 Å². The zero-order valence-corrected chi connectivity index (χ0v) is 22.9. The molecule has 5 rings (SSSR count). The third-order valence-corrected chi connectivity index (χ3v) is 7.24. The number of carboxylic acids is 1. The first kappa shape index (κ1) is 28.4. The number of ether oxygens (including phenoxy) is 3. The summed E-state index contributed by atoms with van der Waals surface area (Å²) in [5.41, 5.74) is 2.97. The van der Waals surface area contributed by atoms with Gasteiger partial charge in [-0.3, -0.25) is 0 Å². The van der Waals surface area contributed by atoms with Gasteiger partial charge >= 0.3 is 0 Å². The highest BCUT2D eigenvalue weighted by Gasteiger charge is 2.27. The standard InChI is InChI=1S/C32H33NO5.ClH/c1-21(30-18-27(36-2)13-14-29(30)32(34)35)38-26-11-9-24(10-12-26)28-15-16-33-19-31(28)37-20-22-7-8-23-5-3-4-6-25(23)17-22;/h3-14,17-18,21,28,31,33H,15-16,19-20H2,1-2H3,(H,34,35);1H/p-1. The molecule has 1 fully saturated rings. The van der Waals surface area contributed by atoms with Gasteiger partial charge in [0.25, 0.3) is 0 Å². The maximum atomic E-state index is 11.6. The van der Waals surface area contributed by atoms with Crippen molar-refractivity contribution < 1.29 is 24.1 Å². The number of rotatable bonds is 9. The van der Waals surface area contributed by atoms with Crippen molar-refractivity contribution in [3.05, 3.63) is 107 Å². The van der Waals surface area contributed by atoms with E-state index in [-0.39, 0.29) is 30.0 Å². The Morgan fingerprint density at radius 3 is 2.46 bits per heavy atom. The van der Waals surface area contributed by atoms with E-state index in [1.165, 1.54) is 28.0 Å². The van der Waals surface area contributed by atoms with Crippen molar-refractivity contribution >= 4 is 29.1 Å². The number of carbonyl (C=O) groups excluding carboxylic acids is 1. The maximum Gasteiger partial charge on any atom is 0.122 e. The van der Waals surface area contributed by atoms with E-state index in [0.29, 0.717) is 23.7 Å². The van der Waals surface area contributed by atoms with Crippen molar-refractivity contribution in [2.45, 2.75) is 38.1 Å². The van der Waals surface area contributed by atoms with Crippen LogP contribution < -0.4 is 19.9 Å². The number of hydrogen-bond donors (Lipinski definition) is 1. The predicted molar refractivity (Wildman–Crippen MR) is 153 cm³/mol. The van der Waals surface area contributed by atoms with Crippen LogP contribution in [0.15, 0.2) is 84.9 Å². The van der Waals surface area contributed by atoms with Crippen LogP contribution >= 0.6 is 12.4 Å². The molecule has 39 heavy (non-hydrogen) atoms. The van der Waals surface area contributed by atoms with E-state index < -0.39 is 12.1 Å². The molecular formula is C32H33ClNO5-. The predicted octanol–water partition coefficient (Wildman–Crippen LogP) is 5.44. The summed E-state index contributed by atoms with van der Waals surface area (Å²) in [5.74, 6) is 0.257. The van der Waals surface area contributed by atoms with E-state index in [0.717, 1.165) is 19.5 Å². The lowest BCUT2D eigenvalue weighted by molar-refractivity contribution is -0.255. The van der Waals surface area contributed by atoms with E-state index >= 15 is 0 Å². The Labute approximate surface area is 235 Å². The van der Waals surface area contributed by atoms with Crippen LogP contribution in [0.2, 0.25) is 0 Å². The van der Waals surface area contributed by atoms with Gasteiger partial charge in [0.05, 0.1) is 25.8 Å². The minimum absolute atomic E-state index is 0. The van der Waals surface area contributed by atoms with Gasteiger partial charge in [0.15, 0.2) is 0 Å². The molecule has 0 radical (unpaired) electrons. The van der Waals surface area contributed by atoms with Crippen molar-refractivity contribution in [2.24, 2.45) is 0 Å². The van der Waals surface area contributed by atoms with Crippen LogP contribution in [0.5, 0.6) is 11.5 Å². The molecule has 0 saturated carbocycles. The number of aromatic carboxylic acids is 1. The topological polar surface area (TPSA) is 79.9 Å². The van der Waals surface area contributed by atoms with Gasteiger partial charge in [-0.2, -0.15) is 0 Å². The van der Waals surface area contributed by atoms with Crippen molar-refractivity contribution in [2.75, 3.05) is 20.2 Å². The molecule has 0 aromatic heterocycles. The first-order valence-corrected chi connectivity index (χ1v) is 13.0. The van der Waals surface area contributed by atoms with Crippen LogP contribution in [-0.4, -0.2) is 32.3 Å². The number of fused-ring (bicyclic) bond motifs is 1. The van der Waals surface area contributed by atoms with Gasteiger partial charge in [-0.05, 0) is 78.2 Å². The van der Waals surface area contributed by atoms with E-state index in [1.54, 1.807) is 19.2 Å². The molecule has 4 aromatic rings. The molecule has 4 aromatic carbocycles. The SMILES string of the molecule is COc1ccc(C(=O)[O-])c(C(C)Oc2ccc(C3CCNCC3OCc3ccc4ccccc4c3)cc2)c1.Cl. The summed E-state index contributed by atoms with van der Waals surface area (Å²) in [4.78, 5) is 11.6. The molecule has 1 saturated heterocycles. The largest absolute Gasteiger partial charge is 0.545 e. The number of halogens is 1. The van der Waals surface area contributed by atoms with Crippen LogP contribution in [0.1, 0.15) is 52.4 Å². The summed E-state index contributed by atoms with van der Waals surface area (Å²) < 4.78 is 17.8. The summed E-state index contributed by atoms with van der Waals surface area (Å²) >= 11 is 0. The lowest BCUT2D eigenvalue weighted by atomic mass is 9.87. The number of piperidine rings is 1. The third kappa shape index (κ3) is 6.71. The average molecular weight is 547 g/mol. The second-order valence-electron chi connectivity index (χ2n) is 9.70. The van der Waals surface area contributed by atoms with E-state index in [2.05, 4.69) is 59.9 Å². The number of methoxy groups -OCH3 is 1. The average Bonchev–Trinajstić information content (AvgIpc) is 2.96. The van der Waals surface area contributed by atoms with Gasteiger partial charge in [-0.25, -0.2) is 0 Å². The summed E-state index contributed by atoms with van der Waals surface area (Å²) in [6.45, 7) is 4.12. The molecule has 3 unspecified atom stereocenters. The number of carboxylic acid groups (broad SMARTS) is 1. The molecule has 1 N–H and O–H groups in total. The Bertz CT molecular complexity index is 1410. The third-order valence-electron chi connectivity index (χ3n) is 7.24. The zero-order chi connectivity index (χ0) is 26.5. The normalized spacial score (nSPS) is 17.7. The summed E-state index contributed by atoms with van der Waals surface area (Å²) in [7, 11) is 1.54. The fourth-order valence-corrected chi connectivity index (χ4v) is 5.17. The fourth-order valence-electron chi connectivity index (χ4n) is 5.17. The monoisotopic (exact) mass is 546 g/mol. The second-order valence-corrected chi connectivity index (χ2v) is 9.70. The van der Waals surface area contributed by atoms with Gasteiger partial charge in [0, 0.05) is 23.6 Å². The molecule has 0 spiro atoms. The molecule has 204 valence electrons. The Balaban J connectivity index is 0.00000353. The molecule has 7 heteroatoms. The number of carbonyl (C=O) groups is 1. The molecule has 1 heterocycles. The molecule has 3 atom stereocenters. The quantitative estimate of drug-likeness (QED) is 0.301. The molecule has 0 bridgehead atoms. The molecule has 6 nitrogen and oxygen atoms in total. The highest BCUT2D eigenvalue weighted by atomic mass is 35.5. The number of hydrogen-bond acceptors (Lipinski definition) is 6. The van der Waals surface area contributed by atoms with Crippen molar-refractivity contribution in [3.63, 3.8) is 0 Å². The van der Waals surface area contributed by atoms with Gasteiger partial charge in [0.2, 0.25) is 0 Å². The first-order valence-electron chi connectivity index (χ1n) is 13.0. The van der Waals surface area contributed by atoms with E-state index in [9.17, 15) is 9.90 Å². The molecule has 1 aliphatic rings. The van der Waals surface area contributed by atoms with Crippen molar-refractivity contribution in [3.8, 4) is 11.5 Å². The highest BCUT2D eigenvalue weighted by molar-refractivity contribution is 5.88. The second kappa shape index (κ2) is 13.0. The maximum absolute atomic E-state index is 11.6. The molecule has 1 aliphatic heterocycles. The van der Waals surface area contributed by atoms with Gasteiger partial charge < -0.3 is 29.4 Å². The van der Waals surface area contributed by atoms with Crippen LogP contribution in [0.3, 0.4) is 0 Å². The minimum Gasteiger partial charge on any atom is -0.545 e. The molecule has 0 aliphatic carbocycles. The lowest BCUT2D eigenvalue weighted by Crippen LogP contribution is -2.40. The van der Waals surface area contributed by atoms with E-state index in [1.807, 2.05) is 19.1 Å². The number of benzene rings is 4. The van der Waals surface area contributed by atoms with Crippen LogP contribution in [0.4, 0.5) is 0 Å². The molecular weight excluding hydrogens is 514 g/mol. The smallest absolute Gasteiger partial charge is 0.122 e.